The van der Waals surface area contributed by atoms with Crippen LogP contribution in [-0.4, -0.2) is 8.42 Å². The van der Waals surface area contributed by atoms with Gasteiger partial charge in [-0.3, -0.25) is 0 Å². The first-order valence-corrected chi connectivity index (χ1v) is 5.38. The zero-order chi connectivity index (χ0) is 10.3. The Bertz CT molecular complexity index is 588. The number of hydrogen-bond donors (Lipinski definition) is 0. The summed E-state index contributed by atoms with van der Waals surface area (Å²) >= 11 is 5.47. The highest BCUT2D eigenvalue weighted by Gasteiger charge is 2.24. The SMILES string of the molecule is O=S(=O)(F)c1c(Cl)oc2ccccc12. The second kappa shape index (κ2) is 2.96. The fraction of sp³-hybridized carbons (Fsp3) is 0. The van der Waals surface area contributed by atoms with Crippen LogP contribution in [0.5, 0.6) is 0 Å². The van der Waals surface area contributed by atoms with Crippen molar-refractivity contribution in [3.63, 3.8) is 0 Å². The first-order valence-electron chi connectivity index (χ1n) is 3.62. The van der Waals surface area contributed by atoms with Gasteiger partial charge in [0.2, 0.25) is 5.22 Å². The van der Waals surface area contributed by atoms with E-state index in [1.807, 2.05) is 0 Å². The predicted octanol–water partition coefficient (Wildman–Crippen LogP) is 2.74. The van der Waals surface area contributed by atoms with Crippen LogP contribution in [0, 0.1) is 0 Å². The van der Waals surface area contributed by atoms with Crippen LogP contribution in [0.25, 0.3) is 11.0 Å². The number of fused-ring (bicyclic) bond motifs is 1. The lowest BCUT2D eigenvalue weighted by atomic mass is 10.3. The van der Waals surface area contributed by atoms with Crippen LogP contribution < -0.4 is 0 Å². The van der Waals surface area contributed by atoms with E-state index in [9.17, 15) is 12.3 Å². The van der Waals surface area contributed by atoms with E-state index >= 15 is 0 Å². The van der Waals surface area contributed by atoms with E-state index in [0.717, 1.165) is 0 Å². The molecule has 0 aliphatic carbocycles. The molecule has 0 aliphatic rings. The molecule has 0 bridgehead atoms. The van der Waals surface area contributed by atoms with Gasteiger partial charge in [0.25, 0.3) is 0 Å². The van der Waals surface area contributed by atoms with Crippen LogP contribution in [0.3, 0.4) is 0 Å². The normalized spacial score (nSPS) is 12.1. The molecule has 0 saturated heterocycles. The van der Waals surface area contributed by atoms with Gasteiger partial charge in [-0.25, -0.2) is 0 Å². The summed E-state index contributed by atoms with van der Waals surface area (Å²) in [6, 6.07) is 6.15. The minimum absolute atomic E-state index is 0.153. The fourth-order valence-electron chi connectivity index (χ4n) is 1.22. The minimum atomic E-state index is -4.84. The largest absolute Gasteiger partial charge is 0.443 e. The van der Waals surface area contributed by atoms with Crippen LogP contribution in [-0.2, 0) is 10.2 Å². The van der Waals surface area contributed by atoms with Gasteiger partial charge in [-0.05, 0) is 23.7 Å². The second-order valence-electron chi connectivity index (χ2n) is 2.64. The molecule has 1 aromatic carbocycles. The van der Waals surface area contributed by atoms with E-state index in [0.29, 0.717) is 0 Å². The second-order valence-corrected chi connectivity index (χ2v) is 4.27. The Balaban J connectivity index is 2.95. The molecule has 2 rings (SSSR count). The van der Waals surface area contributed by atoms with E-state index in [4.69, 9.17) is 16.0 Å². The van der Waals surface area contributed by atoms with Gasteiger partial charge in [-0.1, -0.05) is 12.1 Å². The monoisotopic (exact) mass is 234 g/mol. The average Bonchev–Trinajstić information content (AvgIpc) is 2.38. The molecule has 1 aromatic heterocycles. The molecule has 14 heavy (non-hydrogen) atoms. The molecule has 0 saturated carbocycles. The van der Waals surface area contributed by atoms with E-state index in [1.54, 1.807) is 12.1 Å². The van der Waals surface area contributed by atoms with E-state index in [-0.39, 0.29) is 11.0 Å². The maximum absolute atomic E-state index is 12.8. The van der Waals surface area contributed by atoms with Gasteiger partial charge < -0.3 is 4.42 Å². The molecule has 0 unspecified atom stereocenters. The topological polar surface area (TPSA) is 47.3 Å². The standard InChI is InChI=1S/C8H4ClFO3S/c9-8-7(14(10,11)12)5-3-1-2-4-6(5)13-8/h1-4H. The average molecular weight is 235 g/mol. The molecule has 6 heteroatoms. The lowest BCUT2D eigenvalue weighted by Gasteiger charge is -1.89. The van der Waals surface area contributed by atoms with Gasteiger partial charge in [-0.15, -0.1) is 3.89 Å². The zero-order valence-electron chi connectivity index (χ0n) is 6.70. The van der Waals surface area contributed by atoms with Crippen molar-refractivity contribution in [2.75, 3.05) is 0 Å². The van der Waals surface area contributed by atoms with Crippen LogP contribution in [0.2, 0.25) is 5.22 Å². The molecule has 3 nitrogen and oxygen atoms in total. The molecule has 74 valence electrons. The van der Waals surface area contributed by atoms with Crippen molar-refractivity contribution in [3.05, 3.63) is 29.5 Å². The summed E-state index contributed by atoms with van der Waals surface area (Å²) in [4.78, 5) is -0.602. The Labute approximate surface area is 84.3 Å². The molecule has 2 aromatic rings. The lowest BCUT2D eigenvalue weighted by molar-refractivity contribution is 0.547. The minimum Gasteiger partial charge on any atom is -0.443 e. The molecular formula is C8H4ClFO3S. The molecule has 0 atom stereocenters. The van der Waals surface area contributed by atoms with Crippen molar-refractivity contribution in [2.24, 2.45) is 0 Å². The molecule has 0 N–H and O–H groups in total. The lowest BCUT2D eigenvalue weighted by Crippen LogP contribution is -1.90. The third-order valence-electron chi connectivity index (χ3n) is 1.75. The highest BCUT2D eigenvalue weighted by molar-refractivity contribution is 7.86. The third kappa shape index (κ3) is 1.38. The van der Waals surface area contributed by atoms with E-state index < -0.39 is 20.3 Å². The smallest absolute Gasteiger partial charge is 0.337 e. The summed E-state index contributed by atoms with van der Waals surface area (Å²) < 4.78 is 39.1. The molecule has 0 spiro atoms. The summed E-state index contributed by atoms with van der Waals surface area (Å²) in [6.45, 7) is 0. The zero-order valence-corrected chi connectivity index (χ0v) is 8.27. The third-order valence-corrected chi connectivity index (χ3v) is 3.02. The van der Waals surface area contributed by atoms with E-state index in [1.165, 1.54) is 12.1 Å². The van der Waals surface area contributed by atoms with Crippen molar-refractivity contribution in [1.82, 2.24) is 0 Å². The van der Waals surface area contributed by atoms with Crippen molar-refractivity contribution >= 4 is 32.8 Å². The number of halogens is 2. The van der Waals surface area contributed by atoms with Gasteiger partial charge in [0, 0.05) is 5.39 Å². The molecular weight excluding hydrogens is 231 g/mol. The number of benzene rings is 1. The highest BCUT2D eigenvalue weighted by Crippen LogP contribution is 2.34. The Morgan fingerprint density at radius 1 is 1.29 bits per heavy atom. The number of hydrogen-bond acceptors (Lipinski definition) is 3. The summed E-state index contributed by atoms with van der Waals surface area (Å²) in [7, 11) is -4.84. The maximum Gasteiger partial charge on any atom is 0.337 e. The quantitative estimate of drug-likeness (QED) is 0.713. The Hall–Kier alpha value is -1.07. The molecule has 0 aliphatic heterocycles. The Morgan fingerprint density at radius 3 is 2.57 bits per heavy atom. The van der Waals surface area contributed by atoms with Gasteiger partial charge in [0.1, 0.15) is 5.58 Å². The first kappa shape index (κ1) is 9.48. The fourth-order valence-corrected chi connectivity index (χ4v) is 2.35. The van der Waals surface area contributed by atoms with Crippen molar-refractivity contribution in [3.8, 4) is 0 Å². The molecule has 0 fully saturated rings. The van der Waals surface area contributed by atoms with Gasteiger partial charge >= 0.3 is 10.2 Å². The highest BCUT2D eigenvalue weighted by atomic mass is 35.5. The van der Waals surface area contributed by atoms with Crippen LogP contribution >= 0.6 is 11.6 Å². The molecule has 0 amide bonds. The van der Waals surface area contributed by atoms with Crippen LogP contribution in [0.1, 0.15) is 0 Å². The number of para-hydroxylation sites is 1. The van der Waals surface area contributed by atoms with Crippen molar-refractivity contribution in [1.29, 1.82) is 0 Å². The van der Waals surface area contributed by atoms with Crippen molar-refractivity contribution < 1.29 is 16.7 Å². The van der Waals surface area contributed by atoms with E-state index in [2.05, 4.69) is 0 Å². The van der Waals surface area contributed by atoms with Crippen LogP contribution in [0.15, 0.2) is 33.6 Å². The van der Waals surface area contributed by atoms with Crippen molar-refractivity contribution in [2.45, 2.75) is 4.90 Å². The maximum atomic E-state index is 12.8. The van der Waals surface area contributed by atoms with Gasteiger partial charge in [0.15, 0.2) is 4.90 Å². The summed E-state index contributed by atoms with van der Waals surface area (Å²) in [5.74, 6) is 0. The molecule has 1 heterocycles. The molecule has 0 radical (unpaired) electrons. The number of rotatable bonds is 1. The first-order chi connectivity index (χ1) is 6.50. The Morgan fingerprint density at radius 2 is 1.93 bits per heavy atom. The number of furan rings is 1. The van der Waals surface area contributed by atoms with Gasteiger partial charge in [-0.2, -0.15) is 8.42 Å². The summed E-state index contributed by atoms with van der Waals surface area (Å²) in [5, 5.41) is -0.297. The summed E-state index contributed by atoms with van der Waals surface area (Å²) in [5.41, 5.74) is 0.244. The van der Waals surface area contributed by atoms with Gasteiger partial charge in [0.05, 0.1) is 0 Å². The Kier molecular flexibility index (Phi) is 2.01. The summed E-state index contributed by atoms with van der Waals surface area (Å²) in [6.07, 6.45) is 0. The predicted molar refractivity (Wildman–Crippen MR) is 49.5 cm³/mol. The van der Waals surface area contributed by atoms with Crippen LogP contribution in [0.4, 0.5) is 3.89 Å².